The molecule has 27 heavy (non-hydrogen) atoms. The van der Waals surface area contributed by atoms with Gasteiger partial charge in [-0.05, 0) is 37.8 Å². The Bertz CT molecular complexity index is 610. The maximum atomic E-state index is 13.9. The SMILES string of the molecule is CN=C(NCCCOC1CCOCC1)NC1CCN(c2ncccc2F)C1. The molecule has 1 atom stereocenters. The van der Waals surface area contributed by atoms with E-state index in [9.17, 15) is 4.39 Å². The van der Waals surface area contributed by atoms with Gasteiger partial charge in [-0.15, -0.1) is 0 Å². The molecule has 1 unspecified atom stereocenters. The summed E-state index contributed by atoms with van der Waals surface area (Å²) in [7, 11) is 1.76. The van der Waals surface area contributed by atoms with Crippen LogP contribution in [0.4, 0.5) is 10.2 Å². The Morgan fingerprint density at radius 1 is 1.41 bits per heavy atom. The molecule has 2 fully saturated rings. The molecule has 7 nitrogen and oxygen atoms in total. The average molecular weight is 379 g/mol. The number of ether oxygens (including phenoxy) is 2. The molecule has 0 amide bonds. The van der Waals surface area contributed by atoms with Gasteiger partial charge in [0.15, 0.2) is 17.6 Å². The van der Waals surface area contributed by atoms with Crippen molar-refractivity contribution in [3.8, 4) is 0 Å². The molecule has 1 aromatic rings. The lowest BCUT2D eigenvalue weighted by Gasteiger charge is -2.22. The standard InChI is InChI=1S/C19H30FN5O2/c1-21-19(23-9-3-11-27-16-6-12-26-13-7-16)24-15-5-10-25(14-15)18-17(20)4-2-8-22-18/h2,4,8,15-16H,3,5-7,9-14H2,1H3,(H2,21,23,24). The van der Waals surface area contributed by atoms with Crippen LogP contribution in [0.3, 0.4) is 0 Å². The number of halogens is 1. The quantitative estimate of drug-likeness (QED) is 0.426. The zero-order valence-corrected chi connectivity index (χ0v) is 16.0. The molecule has 1 aromatic heterocycles. The topological polar surface area (TPSA) is 71.0 Å². The first-order valence-corrected chi connectivity index (χ1v) is 9.78. The van der Waals surface area contributed by atoms with Gasteiger partial charge in [0.2, 0.25) is 0 Å². The van der Waals surface area contributed by atoms with Crippen LogP contribution in [0.1, 0.15) is 25.7 Å². The number of anilines is 1. The van der Waals surface area contributed by atoms with Crippen molar-refractivity contribution in [3.05, 3.63) is 24.1 Å². The van der Waals surface area contributed by atoms with E-state index >= 15 is 0 Å². The Kier molecular flexibility index (Phi) is 7.65. The van der Waals surface area contributed by atoms with Crippen molar-refractivity contribution >= 4 is 11.8 Å². The van der Waals surface area contributed by atoms with Gasteiger partial charge in [-0.25, -0.2) is 9.37 Å². The number of aliphatic imine (C=N–C) groups is 1. The van der Waals surface area contributed by atoms with Crippen molar-refractivity contribution in [1.29, 1.82) is 0 Å². The summed E-state index contributed by atoms with van der Waals surface area (Å²) in [4.78, 5) is 10.4. The Labute approximate surface area is 160 Å². The summed E-state index contributed by atoms with van der Waals surface area (Å²) in [6, 6.07) is 3.28. The molecule has 0 bridgehead atoms. The van der Waals surface area contributed by atoms with E-state index in [2.05, 4.69) is 20.6 Å². The molecule has 0 radical (unpaired) electrons. The Morgan fingerprint density at radius 3 is 3.04 bits per heavy atom. The second kappa shape index (κ2) is 10.4. The van der Waals surface area contributed by atoms with E-state index < -0.39 is 0 Å². The minimum Gasteiger partial charge on any atom is -0.381 e. The number of hydrogen-bond acceptors (Lipinski definition) is 5. The molecule has 3 heterocycles. The van der Waals surface area contributed by atoms with Crippen LogP contribution in [-0.2, 0) is 9.47 Å². The molecule has 2 saturated heterocycles. The third kappa shape index (κ3) is 6.04. The van der Waals surface area contributed by atoms with Crippen LogP contribution in [0.2, 0.25) is 0 Å². The average Bonchev–Trinajstić information content (AvgIpc) is 3.16. The second-order valence-corrected chi connectivity index (χ2v) is 6.92. The van der Waals surface area contributed by atoms with Crippen molar-refractivity contribution < 1.29 is 13.9 Å². The summed E-state index contributed by atoms with van der Waals surface area (Å²) >= 11 is 0. The van der Waals surface area contributed by atoms with E-state index in [1.54, 1.807) is 19.3 Å². The van der Waals surface area contributed by atoms with Crippen LogP contribution in [0.5, 0.6) is 0 Å². The molecule has 0 saturated carbocycles. The molecular formula is C19H30FN5O2. The van der Waals surface area contributed by atoms with Gasteiger partial charge in [0.1, 0.15) is 0 Å². The van der Waals surface area contributed by atoms with E-state index in [4.69, 9.17) is 9.47 Å². The van der Waals surface area contributed by atoms with E-state index in [-0.39, 0.29) is 11.9 Å². The largest absolute Gasteiger partial charge is 0.381 e. The van der Waals surface area contributed by atoms with Crippen molar-refractivity contribution in [2.75, 3.05) is 51.4 Å². The minimum absolute atomic E-state index is 0.219. The van der Waals surface area contributed by atoms with Crippen LogP contribution in [0, 0.1) is 5.82 Å². The number of aromatic nitrogens is 1. The van der Waals surface area contributed by atoms with E-state index in [0.717, 1.165) is 64.6 Å². The first kappa shape index (κ1) is 19.8. The molecule has 8 heteroatoms. The molecule has 3 rings (SSSR count). The normalized spacial score (nSPS) is 21.5. The number of pyridine rings is 1. The van der Waals surface area contributed by atoms with E-state index in [0.29, 0.717) is 18.5 Å². The highest BCUT2D eigenvalue weighted by Crippen LogP contribution is 2.20. The minimum atomic E-state index is -0.273. The van der Waals surface area contributed by atoms with Crippen molar-refractivity contribution in [3.63, 3.8) is 0 Å². The molecule has 0 aliphatic carbocycles. The number of hydrogen-bond donors (Lipinski definition) is 2. The Hall–Kier alpha value is -1.93. The van der Waals surface area contributed by atoms with Gasteiger partial charge in [-0.3, -0.25) is 4.99 Å². The number of rotatable bonds is 7. The molecule has 0 spiro atoms. The summed E-state index contributed by atoms with van der Waals surface area (Å²) in [6.07, 6.45) is 5.80. The van der Waals surface area contributed by atoms with Crippen LogP contribution >= 0.6 is 0 Å². The maximum Gasteiger partial charge on any atom is 0.191 e. The fraction of sp³-hybridized carbons (Fsp3) is 0.684. The molecule has 2 aliphatic heterocycles. The third-order valence-corrected chi connectivity index (χ3v) is 4.93. The molecular weight excluding hydrogens is 349 g/mol. The second-order valence-electron chi connectivity index (χ2n) is 6.92. The third-order valence-electron chi connectivity index (χ3n) is 4.93. The molecule has 150 valence electrons. The zero-order chi connectivity index (χ0) is 18.9. The van der Waals surface area contributed by atoms with Crippen molar-refractivity contribution in [2.24, 2.45) is 4.99 Å². The Balaban J connectivity index is 1.34. The summed E-state index contributed by atoms with van der Waals surface area (Å²) in [5.41, 5.74) is 0. The lowest BCUT2D eigenvalue weighted by atomic mass is 10.1. The zero-order valence-electron chi connectivity index (χ0n) is 16.0. The van der Waals surface area contributed by atoms with Gasteiger partial charge < -0.3 is 25.0 Å². The van der Waals surface area contributed by atoms with Gasteiger partial charge >= 0.3 is 0 Å². The fourth-order valence-electron chi connectivity index (χ4n) is 3.44. The van der Waals surface area contributed by atoms with E-state index in [1.165, 1.54) is 6.07 Å². The highest BCUT2D eigenvalue weighted by Gasteiger charge is 2.25. The first-order chi connectivity index (χ1) is 13.3. The van der Waals surface area contributed by atoms with Crippen LogP contribution in [-0.4, -0.2) is 69.6 Å². The van der Waals surface area contributed by atoms with Gasteiger partial charge in [0.25, 0.3) is 0 Å². The summed E-state index contributed by atoms with van der Waals surface area (Å²) in [5.74, 6) is 0.926. The molecule has 2 aliphatic rings. The fourth-order valence-corrected chi connectivity index (χ4v) is 3.44. The lowest BCUT2D eigenvalue weighted by molar-refractivity contribution is -0.0320. The molecule has 0 aromatic carbocycles. The predicted octanol–water partition coefficient (Wildman–Crippen LogP) is 1.55. The maximum absolute atomic E-state index is 13.9. The summed E-state index contributed by atoms with van der Waals surface area (Å²) < 4.78 is 25.1. The van der Waals surface area contributed by atoms with Gasteiger partial charge in [-0.1, -0.05) is 0 Å². The Morgan fingerprint density at radius 2 is 2.26 bits per heavy atom. The molecule has 2 N–H and O–H groups in total. The highest BCUT2D eigenvalue weighted by atomic mass is 19.1. The predicted molar refractivity (Wildman–Crippen MR) is 104 cm³/mol. The van der Waals surface area contributed by atoms with E-state index in [1.807, 2.05) is 4.90 Å². The van der Waals surface area contributed by atoms with Crippen LogP contribution in [0.15, 0.2) is 23.3 Å². The first-order valence-electron chi connectivity index (χ1n) is 9.78. The number of nitrogens with zero attached hydrogens (tertiary/aromatic N) is 3. The number of nitrogens with one attached hydrogen (secondary N) is 2. The summed E-state index contributed by atoms with van der Waals surface area (Å²) in [6.45, 7) is 4.64. The van der Waals surface area contributed by atoms with Gasteiger partial charge in [0, 0.05) is 58.7 Å². The monoisotopic (exact) mass is 379 g/mol. The van der Waals surface area contributed by atoms with Crippen LogP contribution < -0.4 is 15.5 Å². The van der Waals surface area contributed by atoms with Gasteiger partial charge in [0.05, 0.1) is 6.10 Å². The lowest BCUT2D eigenvalue weighted by Crippen LogP contribution is -2.45. The number of guanidine groups is 1. The van der Waals surface area contributed by atoms with Gasteiger partial charge in [-0.2, -0.15) is 0 Å². The smallest absolute Gasteiger partial charge is 0.191 e. The van der Waals surface area contributed by atoms with Crippen molar-refractivity contribution in [1.82, 2.24) is 15.6 Å². The van der Waals surface area contributed by atoms with Crippen molar-refractivity contribution in [2.45, 2.75) is 37.8 Å². The highest BCUT2D eigenvalue weighted by molar-refractivity contribution is 5.80. The van der Waals surface area contributed by atoms with Crippen LogP contribution in [0.25, 0.3) is 0 Å². The summed E-state index contributed by atoms with van der Waals surface area (Å²) in [5, 5.41) is 6.74.